The molecule has 7 heteroatoms. The first kappa shape index (κ1) is 20.7. The molecule has 7 nitrogen and oxygen atoms in total. The highest BCUT2D eigenvalue weighted by Crippen LogP contribution is 2.25. The van der Waals surface area contributed by atoms with E-state index in [1.54, 1.807) is 7.05 Å². The van der Waals surface area contributed by atoms with Gasteiger partial charge in [0.1, 0.15) is 6.54 Å². The molecule has 3 heterocycles. The number of amides is 1. The second kappa shape index (κ2) is 9.98. The minimum atomic E-state index is -0.370. The van der Waals surface area contributed by atoms with Crippen molar-refractivity contribution in [2.24, 2.45) is 5.92 Å². The molecule has 0 aromatic carbocycles. The Morgan fingerprint density at radius 3 is 2.57 bits per heavy atom. The van der Waals surface area contributed by atoms with Crippen molar-refractivity contribution in [1.82, 2.24) is 19.7 Å². The number of hydrogen-bond acceptors (Lipinski definition) is 6. The number of rotatable bonds is 6. The van der Waals surface area contributed by atoms with Crippen molar-refractivity contribution in [3.05, 3.63) is 30.1 Å². The largest absolute Gasteiger partial charge is 0.468 e. The molecule has 3 rings (SSSR count). The highest BCUT2D eigenvalue weighted by molar-refractivity contribution is 5.83. The molecule has 0 bridgehead atoms. The van der Waals surface area contributed by atoms with Gasteiger partial charge in [-0.25, -0.2) is 0 Å². The molecule has 0 saturated carbocycles. The topological polar surface area (TPSA) is 66.0 Å². The van der Waals surface area contributed by atoms with Gasteiger partial charge in [0.15, 0.2) is 0 Å². The van der Waals surface area contributed by atoms with Crippen molar-refractivity contribution in [2.75, 3.05) is 46.9 Å². The lowest BCUT2D eigenvalue weighted by atomic mass is 9.93. The highest BCUT2D eigenvalue weighted by atomic mass is 16.5. The lowest BCUT2D eigenvalue weighted by Gasteiger charge is -2.42. The van der Waals surface area contributed by atoms with E-state index in [1.807, 2.05) is 12.4 Å². The molecular formula is C21H32N4O3. The first-order chi connectivity index (χ1) is 13.6. The van der Waals surface area contributed by atoms with Crippen LogP contribution in [0.5, 0.6) is 0 Å². The molecule has 2 fully saturated rings. The van der Waals surface area contributed by atoms with Crippen LogP contribution in [0.3, 0.4) is 0 Å². The van der Waals surface area contributed by atoms with Crippen LogP contribution in [0.25, 0.3) is 0 Å². The number of likely N-dealkylation sites (N-methyl/N-ethyl adjacent to an activating group) is 1. The van der Waals surface area contributed by atoms with Crippen LogP contribution in [0.1, 0.15) is 31.2 Å². The maximum Gasteiger partial charge on any atom is 0.325 e. The molecule has 0 N–H and O–H groups in total. The van der Waals surface area contributed by atoms with E-state index in [0.29, 0.717) is 6.04 Å². The summed E-state index contributed by atoms with van der Waals surface area (Å²) < 4.78 is 4.68. The van der Waals surface area contributed by atoms with Gasteiger partial charge in [0.05, 0.1) is 13.0 Å². The number of aromatic nitrogens is 1. The van der Waals surface area contributed by atoms with Gasteiger partial charge in [-0.05, 0) is 63.0 Å². The Labute approximate surface area is 167 Å². The van der Waals surface area contributed by atoms with Gasteiger partial charge in [-0.3, -0.25) is 24.4 Å². The van der Waals surface area contributed by atoms with Gasteiger partial charge in [-0.1, -0.05) is 0 Å². The molecular weight excluding hydrogens is 356 g/mol. The normalized spacial score (nSPS) is 22.0. The van der Waals surface area contributed by atoms with Crippen molar-refractivity contribution in [3.8, 4) is 0 Å². The smallest absolute Gasteiger partial charge is 0.325 e. The highest BCUT2D eigenvalue weighted by Gasteiger charge is 2.33. The van der Waals surface area contributed by atoms with Gasteiger partial charge in [0.2, 0.25) is 5.91 Å². The number of carbonyl (C=O) groups is 2. The standard InChI is InChI=1S/C21H32N4O3/c1-23(16-20(26)28-2)21(27)18-4-3-11-25(15-18)19-7-12-24(13-8-19)14-17-5-9-22-10-6-17/h5-6,9-10,18-19H,3-4,7-8,11-16H2,1-2H3/t18-/m1/s1. The molecule has 2 saturated heterocycles. The molecule has 1 aromatic heterocycles. The maximum absolute atomic E-state index is 12.7. The Kier molecular flexibility index (Phi) is 7.39. The van der Waals surface area contributed by atoms with Crippen LogP contribution in [0.15, 0.2) is 24.5 Å². The summed E-state index contributed by atoms with van der Waals surface area (Å²) in [4.78, 5) is 34.8. The molecule has 0 unspecified atom stereocenters. The fourth-order valence-corrected chi connectivity index (χ4v) is 4.38. The Balaban J connectivity index is 1.47. The molecule has 154 valence electrons. The first-order valence-electron chi connectivity index (χ1n) is 10.2. The van der Waals surface area contributed by atoms with E-state index in [9.17, 15) is 9.59 Å². The second-order valence-corrected chi connectivity index (χ2v) is 7.97. The summed E-state index contributed by atoms with van der Waals surface area (Å²) in [5.74, 6) is -0.325. The number of nitrogens with zero attached hydrogens (tertiary/aromatic N) is 4. The number of hydrogen-bond donors (Lipinski definition) is 0. The Morgan fingerprint density at radius 2 is 1.89 bits per heavy atom. The SMILES string of the molecule is COC(=O)CN(C)C(=O)[C@@H]1CCCN(C2CCN(Cc3ccncc3)CC2)C1. The number of likely N-dealkylation sites (tertiary alicyclic amines) is 2. The van der Waals surface area contributed by atoms with Gasteiger partial charge in [0, 0.05) is 38.6 Å². The third-order valence-electron chi connectivity index (χ3n) is 6.00. The van der Waals surface area contributed by atoms with E-state index in [0.717, 1.165) is 58.4 Å². The molecule has 2 aliphatic heterocycles. The summed E-state index contributed by atoms with van der Waals surface area (Å²) in [7, 11) is 3.04. The molecule has 0 aliphatic carbocycles. The molecule has 1 aromatic rings. The number of piperidine rings is 2. The second-order valence-electron chi connectivity index (χ2n) is 7.97. The number of pyridine rings is 1. The fourth-order valence-electron chi connectivity index (χ4n) is 4.38. The summed E-state index contributed by atoms with van der Waals surface area (Å²) in [5.41, 5.74) is 1.31. The Hall–Kier alpha value is -1.99. The minimum absolute atomic E-state index is 0.0155. The van der Waals surface area contributed by atoms with Gasteiger partial charge in [-0.2, -0.15) is 0 Å². The van der Waals surface area contributed by atoms with E-state index in [2.05, 4.69) is 31.7 Å². The fraction of sp³-hybridized carbons (Fsp3) is 0.667. The van der Waals surface area contributed by atoms with Crippen LogP contribution in [0.2, 0.25) is 0 Å². The van der Waals surface area contributed by atoms with Crippen LogP contribution in [-0.4, -0.2) is 84.5 Å². The Bertz CT molecular complexity index is 646. The first-order valence-corrected chi connectivity index (χ1v) is 10.2. The van der Waals surface area contributed by atoms with Crippen LogP contribution < -0.4 is 0 Å². The summed E-state index contributed by atoms with van der Waals surface area (Å²) in [6, 6.07) is 4.71. The average Bonchev–Trinajstić information content (AvgIpc) is 2.74. The van der Waals surface area contributed by atoms with E-state index < -0.39 is 0 Å². The molecule has 1 amide bonds. The van der Waals surface area contributed by atoms with Crippen molar-refractivity contribution < 1.29 is 14.3 Å². The Morgan fingerprint density at radius 1 is 1.18 bits per heavy atom. The average molecular weight is 389 g/mol. The maximum atomic E-state index is 12.7. The zero-order chi connectivity index (χ0) is 19.9. The quantitative estimate of drug-likeness (QED) is 0.686. The van der Waals surface area contributed by atoms with Crippen molar-refractivity contribution >= 4 is 11.9 Å². The van der Waals surface area contributed by atoms with Gasteiger partial charge in [-0.15, -0.1) is 0 Å². The van der Waals surface area contributed by atoms with E-state index in [-0.39, 0.29) is 24.3 Å². The predicted molar refractivity (Wildman–Crippen MR) is 106 cm³/mol. The van der Waals surface area contributed by atoms with Crippen molar-refractivity contribution in [3.63, 3.8) is 0 Å². The van der Waals surface area contributed by atoms with E-state index >= 15 is 0 Å². The summed E-state index contributed by atoms with van der Waals surface area (Å²) in [5, 5.41) is 0. The van der Waals surface area contributed by atoms with E-state index in [4.69, 9.17) is 0 Å². The number of esters is 1. The van der Waals surface area contributed by atoms with Crippen LogP contribution >= 0.6 is 0 Å². The summed E-state index contributed by atoms with van der Waals surface area (Å²) in [6.45, 7) is 5.06. The van der Waals surface area contributed by atoms with Crippen molar-refractivity contribution in [1.29, 1.82) is 0 Å². The summed E-state index contributed by atoms with van der Waals surface area (Å²) in [6.07, 6.45) is 7.93. The van der Waals surface area contributed by atoms with Gasteiger partial charge < -0.3 is 9.64 Å². The van der Waals surface area contributed by atoms with Gasteiger partial charge in [0.25, 0.3) is 0 Å². The molecule has 28 heavy (non-hydrogen) atoms. The van der Waals surface area contributed by atoms with Crippen molar-refractivity contribution in [2.45, 2.75) is 38.3 Å². The van der Waals surface area contributed by atoms with E-state index in [1.165, 1.54) is 17.6 Å². The van der Waals surface area contributed by atoms with Crippen LogP contribution in [0, 0.1) is 5.92 Å². The predicted octanol–water partition coefficient (Wildman–Crippen LogP) is 1.39. The third kappa shape index (κ3) is 5.52. The molecule has 0 radical (unpaired) electrons. The minimum Gasteiger partial charge on any atom is -0.468 e. The third-order valence-corrected chi connectivity index (χ3v) is 6.00. The lowest BCUT2D eigenvalue weighted by Crippen LogP contribution is -2.51. The number of carbonyl (C=O) groups excluding carboxylic acids is 2. The number of methoxy groups -OCH3 is 1. The zero-order valence-corrected chi connectivity index (χ0v) is 17.0. The summed E-state index contributed by atoms with van der Waals surface area (Å²) >= 11 is 0. The molecule has 1 atom stereocenters. The van der Waals surface area contributed by atoms with Crippen LogP contribution in [-0.2, 0) is 20.9 Å². The van der Waals surface area contributed by atoms with Crippen LogP contribution in [0.4, 0.5) is 0 Å². The lowest BCUT2D eigenvalue weighted by molar-refractivity contribution is -0.148. The van der Waals surface area contributed by atoms with Gasteiger partial charge >= 0.3 is 5.97 Å². The molecule has 0 spiro atoms. The number of ether oxygens (including phenoxy) is 1. The monoisotopic (exact) mass is 388 g/mol. The zero-order valence-electron chi connectivity index (χ0n) is 17.0. The molecule has 2 aliphatic rings.